The number of fused-ring (bicyclic) bond motifs is 2. The number of carbonyl (C=O) groups excluding carboxylic acids is 1. The first-order valence-electron chi connectivity index (χ1n) is 8.73. The van der Waals surface area contributed by atoms with Crippen LogP contribution < -0.4 is 5.32 Å². The summed E-state index contributed by atoms with van der Waals surface area (Å²) in [7, 11) is 0. The second kappa shape index (κ2) is 5.67. The topological polar surface area (TPSA) is 75.1 Å². The average Bonchev–Trinajstić information content (AvgIpc) is 3.31. The summed E-state index contributed by atoms with van der Waals surface area (Å²) in [6.07, 6.45) is 5.45. The van der Waals surface area contributed by atoms with Crippen molar-refractivity contribution in [2.75, 3.05) is 5.32 Å². The van der Waals surface area contributed by atoms with E-state index in [1.54, 1.807) is 16.9 Å². The van der Waals surface area contributed by atoms with E-state index in [9.17, 15) is 4.79 Å². The Kier molecular flexibility index (Phi) is 3.27. The zero-order valence-corrected chi connectivity index (χ0v) is 14.9. The van der Waals surface area contributed by atoms with Crippen LogP contribution in [0.3, 0.4) is 0 Å². The molecule has 4 heterocycles. The van der Waals surface area contributed by atoms with Crippen LogP contribution >= 0.6 is 0 Å². The number of carbonyl (C=O) groups is 1. The molecule has 2 N–H and O–H groups in total. The molecule has 0 saturated carbocycles. The highest BCUT2D eigenvalue weighted by Gasteiger charge is 2.25. The Morgan fingerprint density at radius 1 is 1.15 bits per heavy atom. The number of hydrogen-bond donors (Lipinski definition) is 2. The number of hydrogen-bond acceptors (Lipinski definition) is 3. The SMILES string of the molecule is Cc1cc(C)c(/C=C2\C(=O)Nc3ccc(-c4cnc5cccnn45)cc32)[nH]1. The normalized spacial score (nSPS) is 14.7. The molecule has 0 saturated heterocycles. The number of nitrogens with one attached hydrogen (secondary N) is 2. The molecule has 0 radical (unpaired) electrons. The number of amides is 1. The van der Waals surface area contributed by atoms with Crippen molar-refractivity contribution in [1.82, 2.24) is 19.6 Å². The number of aromatic nitrogens is 4. The molecule has 1 aromatic carbocycles. The summed E-state index contributed by atoms with van der Waals surface area (Å²) in [5.41, 5.74) is 8.13. The summed E-state index contributed by atoms with van der Waals surface area (Å²) in [6.45, 7) is 4.04. The summed E-state index contributed by atoms with van der Waals surface area (Å²) in [6, 6.07) is 11.8. The van der Waals surface area contributed by atoms with E-state index < -0.39 is 0 Å². The zero-order chi connectivity index (χ0) is 18.5. The van der Waals surface area contributed by atoms with Crippen LogP contribution in [-0.4, -0.2) is 25.5 Å². The van der Waals surface area contributed by atoms with Crippen LogP contribution in [0, 0.1) is 13.8 Å². The van der Waals surface area contributed by atoms with Gasteiger partial charge < -0.3 is 10.3 Å². The number of H-pyrrole nitrogens is 1. The van der Waals surface area contributed by atoms with Gasteiger partial charge >= 0.3 is 0 Å². The maximum atomic E-state index is 12.5. The number of benzene rings is 1. The van der Waals surface area contributed by atoms with Crippen molar-refractivity contribution < 1.29 is 4.79 Å². The predicted molar refractivity (Wildman–Crippen MR) is 105 cm³/mol. The molecule has 0 fully saturated rings. The number of anilines is 1. The van der Waals surface area contributed by atoms with Crippen molar-refractivity contribution in [3.63, 3.8) is 0 Å². The number of aromatic amines is 1. The molecule has 0 spiro atoms. The van der Waals surface area contributed by atoms with E-state index in [0.29, 0.717) is 5.57 Å². The molecule has 0 unspecified atom stereocenters. The van der Waals surface area contributed by atoms with Crippen molar-refractivity contribution in [3.8, 4) is 11.3 Å². The van der Waals surface area contributed by atoms with Crippen LogP contribution in [0.15, 0.2) is 48.8 Å². The van der Waals surface area contributed by atoms with E-state index in [4.69, 9.17) is 0 Å². The van der Waals surface area contributed by atoms with Gasteiger partial charge in [0.1, 0.15) is 0 Å². The number of nitrogens with zero attached hydrogens (tertiary/aromatic N) is 3. The zero-order valence-electron chi connectivity index (χ0n) is 14.9. The van der Waals surface area contributed by atoms with Gasteiger partial charge in [0, 0.05) is 34.4 Å². The number of aryl methyl sites for hydroxylation is 2. The average molecular weight is 355 g/mol. The second-order valence-corrected chi connectivity index (χ2v) is 6.76. The van der Waals surface area contributed by atoms with E-state index >= 15 is 0 Å². The van der Waals surface area contributed by atoms with E-state index in [0.717, 1.165) is 45.1 Å². The van der Waals surface area contributed by atoms with Gasteiger partial charge in [0.2, 0.25) is 0 Å². The molecule has 0 bridgehead atoms. The fourth-order valence-corrected chi connectivity index (χ4v) is 3.56. The minimum Gasteiger partial charge on any atom is -0.359 e. The maximum absolute atomic E-state index is 12.5. The Morgan fingerprint density at radius 2 is 2.04 bits per heavy atom. The van der Waals surface area contributed by atoms with Crippen molar-refractivity contribution in [2.24, 2.45) is 0 Å². The molecular formula is C21H17N5O. The van der Waals surface area contributed by atoms with Gasteiger partial charge in [-0.25, -0.2) is 9.50 Å². The molecule has 0 aliphatic carbocycles. The van der Waals surface area contributed by atoms with Gasteiger partial charge in [0.25, 0.3) is 5.91 Å². The van der Waals surface area contributed by atoms with Crippen LogP contribution in [0.4, 0.5) is 5.69 Å². The monoisotopic (exact) mass is 355 g/mol. The standard InChI is InChI=1S/C21H17N5O/c1-12-8-13(2)24-18(12)10-16-15-9-14(5-6-17(15)25-21(16)27)19-11-22-20-4-3-7-23-26(19)20/h3-11,24H,1-2H3,(H,25,27)/b16-10-. The van der Waals surface area contributed by atoms with Gasteiger partial charge in [0.05, 0.1) is 17.5 Å². The fourth-order valence-electron chi connectivity index (χ4n) is 3.56. The van der Waals surface area contributed by atoms with Gasteiger partial charge in [-0.1, -0.05) is 6.07 Å². The van der Waals surface area contributed by atoms with Gasteiger partial charge in [0.15, 0.2) is 5.65 Å². The molecule has 4 aromatic rings. The smallest absolute Gasteiger partial charge is 0.256 e. The summed E-state index contributed by atoms with van der Waals surface area (Å²) >= 11 is 0. The largest absolute Gasteiger partial charge is 0.359 e. The summed E-state index contributed by atoms with van der Waals surface area (Å²) in [5.74, 6) is -0.0925. The molecule has 0 atom stereocenters. The molecular weight excluding hydrogens is 338 g/mol. The Hall–Kier alpha value is -3.67. The Labute approximate surface area is 155 Å². The second-order valence-electron chi connectivity index (χ2n) is 6.76. The number of rotatable bonds is 2. The Balaban J connectivity index is 1.65. The van der Waals surface area contributed by atoms with Crippen molar-refractivity contribution in [2.45, 2.75) is 13.8 Å². The summed E-state index contributed by atoms with van der Waals surface area (Å²) < 4.78 is 1.80. The van der Waals surface area contributed by atoms with Gasteiger partial charge in [-0.3, -0.25) is 4.79 Å². The molecule has 1 aliphatic rings. The lowest BCUT2D eigenvalue weighted by Crippen LogP contribution is -2.03. The first kappa shape index (κ1) is 15.6. The van der Waals surface area contributed by atoms with Crippen LogP contribution in [0.5, 0.6) is 0 Å². The van der Waals surface area contributed by atoms with Crippen molar-refractivity contribution in [3.05, 3.63) is 71.3 Å². The highest BCUT2D eigenvalue weighted by Crippen LogP contribution is 2.36. The Morgan fingerprint density at radius 3 is 2.85 bits per heavy atom. The van der Waals surface area contributed by atoms with Crippen LogP contribution in [0.1, 0.15) is 22.5 Å². The number of imidazole rings is 1. The highest BCUT2D eigenvalue weighted by atomic mass is 16.2. The third-order valence-electron chi connectivity index (χ3n) is 4.85. The van der Waals surface area contributed by atoms with E-state index in [2.05, 4.69) is 26.4 Å². The highest BCUT2D eigenvalue weighted by molar-refractivity contribution is 6.35. The quantitative estimate of drug-likeness (QED) is 0.537. The fraction of sp³-hybridized carbons (Fsp3) is 0.0952. The summed E-state index contributed by atoms with van der Waals surface area (Å²) in [5, 5.41) is 7.32. The van der Waals surface area contributed by atoms with Crippen LogP contribution in [-0.2, 0) is 4.79 Å². The first-order chi connectivity index (χ1) is 13.1. The maximum Gasteiger partial charge on any atom is 0.256 e. The van der Waals surface area contributed by atoms with Crippen molar-refractivity contribution in [1.29, 1.82) is 0 Å². The minimum absolute atomic E-state index is 0.0925. The molecule has 6 nitrogen and oxygen atoms in total. The van der Waals surface area contributed by atoms with E-state index in [-0.39, 0.29) is 5.91 Å². The van der Waals surface area contributed by atoms with Gasteiger partial charge in [-0.05, 0) is 55.8 Å². The minimum atomic E-state index is -0.0925. The lowest BCUT2D eigenvalue weighted by molar-refractivity contribution is -0.110. The third kappa shape index (κ3) is 2.45. The molecule has 5 rings (SSSR count). The molecule has 1 amide bonds. The van der Waals surface area contributed by atoms with E-state index in [1.807, 2.05) is 50.3 Å². The van der Waals surface area contributed by atoms with Crippen LogP contribution in [0.25, 0.3) is 28.6 Å². The van der Waals surface area contributed by atoms with Crippen molar-refractivity contribution >= 4 is 28.9 Å². The lowest BCUT2D eigenvalue weighted by atomic mass is 10.0. The van der Waals surface area contributed by atoms with Gasteiger partial charge in [-0.15, -0.1) is 0 Å². The van der Waals surface area contributed by atoms with E-state index in [1.165, 1.54) is 0 Å². The van der Waals surface area contributed by atoms with Crippen LogP contribution in [0.2, 0.25) is 0 Å². The molecule has 27 heavy (non-hydrogen) atoms. The molecule has 1 aliphatic heterocycles. The molecule has 132 valence electrons. The molecule has 3 aromatic heterocycles. The first-order valence-corrected chi connectivity index (χ1v) is 8.73. The summed E-state index contributed by atoms with van der Waals surface area (Å²) in [4.78, 5) is 20.3. The van der Waals surface area contributed by atoms with Gasteiger partial charge in [-0.2, -0.15) is 5.10 Å². The predicted octanol–water partition coefficient (Wildman–Crippen LogP) is 3.83. The Bertz CT molecular complexity index is 1240. The lowest BCUT2D eigenvalue weighted by Gasteiger charge is -2.04. The third-order valence-corrected chi connectivity index (χ3v) is 4.85. The molecule has 6 heteroatoms.